The van der Waals surface area contributed by atoms with Crippen LogP contribution in [-0.4, -0.2) is 34.5 Å². The summed E-state index contributed by atoms with van der Waals surface area (Å²) < 4.78 is 5.53. The van der Waals surface area contributed by atoms with E-state index in [-0.39, 0.29) is 23.6 Å². The Morgan fingerprint density at radius 1 is 1.00 bits per heavy atom. The van der Waals surface area contributed by atoms with Gasteiger partial charge in [-0.2, -0.15) is 0 Å². The maximum absolute atomic E-state index is 12.1. The van der Waals surface area contributed by atoms with E-state index in [9.17, 15) is 9.59 Å². The van der Waals surface area contributed by atoms with Crippen molar-refractivity contribution < 1.29 is 14.3 Å². The highest BCUT2D eigenvalue weighted by Crippen LogP contribution is 2.31. The van der Waals surface area contributed by atoms with E-state index >= 15 is 0 Å². The van der Waals surface area contributed by atoms with Crippen LogP contribution in [0, 0.1) is 0 Å². The normalized spacial score (nSPS) is 18.2. The predicted octanol–water partition coefficient (Wildman–Crippen LogP) is 3.45. The molecule has 1 fully saturated rings. The molecule has 0 N–H and O–H groups in total. The van der Waals surface area contributed by atoms with E-state index in [4.69, 9.17) is 4.74 Å². The van der Waals surface area contributed by atoms with Crippen LogP contribution in [0.1, 0.15) is 66.7 Å². The van der Waals surface area contributed by atoms with Crippen molar-refractivity contribution in [3.05, 3.63) is 12.2 Å². The van der Waals surface area contributed by atoms with Gasteiger partial charge in [-0.15, -0.1) is 0 Å². The van der Waals surface area contributed by atoms with Gasteiger partial charge in [0.2, 0.25) is 5.91 Å². The number of amides is 1. The average molecular weight is 295 g/mol. The second kappa shape index (κ2) is 7.62. The van der Waals surface area contributed by atoms with Gasteiger partial charge in [0.1, 0.15) is 5.60 Å². The molecule has 0 aromatic carbocycles. The second-order valence-corrected chi connectivity index (χ2v) is 6.70. The van der Waals surface area contributed by atoms with Crippen LogP contribution in [0.4, 0.5) is 0 Å². The molecule has 0 unspecified atom stereocenters. The first-order valence-electron chi connectivity index (χ1n) is 7.98. The Morgan fingerprint density at radius 3 is 2.00 bits per heavy atom. The Kier molecular flexibility index (Phi) is 6.43. The molecule has 0 spiro atoms. The first kappa shape index (κ1) is 17.7. The number of carbonyl (C=O) groups excluding carboxylic acids is 2. The van der Waals surface area contributed by atoms with Crippen LogP contribution in [0.25, 0.3) is 0 Å². The summed E-state index contributed by atoms with van der Waals surface area (Å²) in [5.74, 6) is -0.564. The average Bonchev–Trinajstić information content (AvgIpc) is 2.35. The number of carbonyl (C=O) groups is 2. The minimum Gasteiger partial charge on any atom is -0.456 e. The van der Waals surface area contributed by atoms with Crippen molar-refractivity contribution in [2.75, 3.05) is 0 Å². The van der Waals surface area contributed by atoms with Gasteiger partial charge >= 0.3 is 5.97 Å². The van der Waals surface area contributed by atoms with Gasteiger partial charge in [0.05, 0.1) is 0 Å². The molecule has 0 saturated heterocycles. The zero-order valence-electron chi connectivity index (χ0n) is 14.0. The van der Waals surface area contributed by atoms with Crippen molar-refractivity contribution >= 4 is 11.9 Å². The number of hydrogen-bond acceptors (Lipinski definition) is 3. The molecule has 21 heavy (non-hydrogen) atoms. The van der Waals surface area contributed by atoms with Crippen molar-refractivity contribution in [2.45, 2.75) is 84.4 Å². The zero-order valence-corrected chi connectivity index (χ0v) is 14.0. The molecule has 0 aliphatic heterocycles. The maximum atomic E-state index is 12.1. The highest BCUT2D eigenvalue weighted by molar-refractivity contribution is 5.94. The minimum absolute atomic E-state index is 0.106. The van der Waals surface area contributed by atoms with Crippen LogP contribution in [0.15, 0.2) is 12.2 Å². The summed E-state index contributed by atoms with van der Waals surface area (Å²) in [6, 6.07) is 0.211. The van der Waals surface area contributed by atoms with Gasteiger partial charge < -0.3 is 9.64 Å². The summed E-state index contributed by atoms with van der Waals surface area (Å²) in [5.41, 5.74) is -0.363. The SMILES string of the molecule is CC(C)N(C(=O)/C=C\C(=O)OC1(C)CCCCC1)C(C)C. The minimum atomic E-state index is -0.416. The monoisotopic (exact) mass is 295 g/mol. The molecule has 4 nitrogen and oxygen atoms in total. The zero-order chi connectivity index (χ0) is 16.0. The van der Waals surface area contributed by atoms with Crippen LogP contribution in [0.3, 0.4) is 0 Å². The number of nitrogens with zero attached hydrogens (tertiary/aromatic N) is 1. The third kappa shape index (κ3) is 5.52. The molecule has 0 heterocycles. The molecule has 0 aromatic heterocycles. The summed E-state index contributed by atoms with van der Waals surface area (Å²) in [5, 5.41) is 0. The van der Waals surface area contributed by atoms with Crippen LogP contribution >= 0.6 is 0 Å². The fraction of sp³-hybridized carbons (Fsp3) is 0.765. The van der Waals surface area contributed by atoms with Gasteiger partial charge in [-0.05, 0) is 60.3 Å². The van der Waals surface area contributed by atoms with Gasteiger partial charge in [-0.1, -0.05) is 6.42 Å². The van der Waals surface area contributed by atoms with E-state index < -0.39 is 5.97 Å². The molecule has 0 bridgehead atoms. The van der Waals surface area contributed by atoms with Crippen molar-refractivity contribution in [2.24, 2.45) is 0 Å². The van der Waals surface area contributed by atoms with Crippen molar-refractivity contribution in [1.29, 1.82) is 0 Å². The van der Waals surface area contributed by atoms with Gasteiger partial charge in [-0.25, -0.2) is 4.79 Å². The molecular formula is C17H29NO3. The molecule has 4 heteroatoms. The fourth-order valence-corrected chi connectivity index (χ4v) is 3.01. The molecular weight excluding hydrogens is 266 g/mol. The van der Waals surface area contributed by atoms with E-state index in [1.54, 1.807) is 4.90 Å². The summed E-state index contributed by atoms with van der Waals surface area (Å²) in [6.07, 6.45) is 7.81. The van der Waals surface area contributed by atoms with Gasteiger partial charge in [0, 0.05) is 24.2 Å². The lowest BCUT2D eigenvalue weighted by molar-refractivity contribution is -0.155. The third-order valence-corrected chi connectivity index (χ3v) is 3.99. The molecule has 0 radical (unpaired) electrons. The third-order valence-electron chi connectivity index (χ3n) is 3.99. The summed E-state index contributed by atoms with van der Waals surface area (Å²) >= 11 is 0. The van der Waals surface area contributed by atoms with Crippen molar-refractivity contribution in [3.8, 4) is 0 Å². The molecule has 1 saturated carbocycles. The van der Waals surface area contributed by atoms with E-state index in [0.717, 1.165) is 25.7 Å². The molecule has 1 rings (SSSR count). The largest absolute Gasteiger partial charge is 0.456 e. The van der Waals surface area contributed by atoms with Gasteiger partial charge in [0.25, 0.3) is 0 Å². The molecule has 120 valence electrons. The lowest BCUT2D eigenvalue weighted by Crippen LogP contribution is -2.41. The number of rotatable bonds is 5. The standard InChI is InChI=1S/C17H29NO3/c1-13(2)18(14(3)4)15(19)9-10-16(20)21-17(5)11-7-6-8-12-17/h9-10,13-14H,6-8,11-12H2,1-5H3/b10-9-. The number of esters is 1. The van der Waals surface area contributed by atoms with Gasteiger partial charge in [-0.3, -0.25) is 4.79 Å². The molecule has 1 aliphatic rings. The fourth-order valence-electron chi connectivity index (χ4n) is 3.01. The van der Waals surface area contributed by atoms with Crippen LogP contribution in [0.5, 0.6) is 0 Å². The Hall–Kier alpha value is -1.32. The quantitative estimate of drug-likeness (QED) is 0.576. The van der Waals surface area contributed by atoms with Gasteiger partial charge in [0.15, 0.2) is 0 Å². The van der Waals surface area contributed by atoms with Crippen molar-refractivity contribution in [1.82, 2.24) is 4.90 Å². The number of ether oxygens (including phenoxy) is 1. The summed E-state index contributed by atoms with van der Waals surface area (Å²) in [4.78, 5) is 25.8. The number of hydrogen-bond donors (Lipinski definition) is 0. The van der Waals surface area contributed by atoms with Crippen LogP contribution < -0.4 is 0 Å². The van der Waals surface area contributed by atoms with E-state index in [1.165, 1.54) is 18.6 Å². The topological polar surface area (TPSA) is 46.6 Å². The molecule has 1 amide bonds. The molecule has 1 aliphatic carbocycles. The first-order valence-corrected chi connectivity index (χ1v) is 7.98. The summed E-state index contributed by atoms with van der Waals surface area (Å²) in [7, 11) is 0. The second-order valence-electron chi connectivity index (χ2n) is 6.70. The smallest absolute Gasteiger partial charge is 0.331 e. The maximum Gasteiger partial charge on any atom is 0.331 e. The summed E-state index contributed by atoms with van der Waals surface area (Å²) in [6.45, 7) is 9.84. The Bertz CT molecular complexity index is 385. The predicted molar refractivity (Wildman–Crippen MR) is 83.8 cm³/mol. The highest BCUT2D eigenvalue weighted by Gasteiger charge is 2.30. The highest BCUT2D eigenvalue weighted by atomic mass is 16.6. The van der Waals surface area contributed by atoms with Crippen LogP contribution in [-0.2, 0) is 14.3 Å². The Morgan fingerprint density at radius 2 is 1.52 bits per heavy atom. The molecule has 0 aromatic rings. The Labute approximate surface area is 128 Å². The van der Waals surface area contributed by atoms with Crippen molar-refractivity contribution in [3.63, 3.8) is 0 Å². The lowest BCUT2D eigenvalue weighted by Gasteiger charge is -2.32. The van der Waals surface area contributed by atoms with E-state index in [0.29, 0.717) is 0 Å². The van der Waals surface area contributed by atoms with E-state index in [2.05, 4.69) is 0 Å². The lowest BCUT2D eigenvalue weighted by atomic mass is 9.86. The first-order chi connectivity index (χ1) is 9.75. The molecule has 0 atom stereocenters. The van der Waals surface area contributed by atoms with Crippen LogP contribution in [0.2, 0.25) is 0 Å². The Balaban J connectivity index is 2.58. The van der Waals surface area contributed by atoms with E-state index in [1.807, 2.05) is 34.6 Å².